The minimum Gasteiger partial charge on any atom is -0.389 e. The number of carbonyl (C=O) groups is 1. The molecule has 0 radical (unpaired) electrons. The molecular weight excluding hydrogens is 265 g/mol. The van der Waals surface area contributed by atoms with Gasteiger partial charge in [0, 0.05) is 24.7 Å². The van der Waals surface area contributed by atoms with Crippen LogP contribution < -0.4 is 11.1 Å². The average molecular weight is 283 g/mol. The Morgan fingerprint density at radius 2 is 2.21 bits per heavy atom. The highest BCUT2D eigenvalue weighted by Gasteiger charge is 2.12. The molecule has 104 valence electrons. The summed E-state index contributed by atoms with van der Waals surface area (Å²) in [5, 5.41) is 2.55. The Morgan fingerprint density at radius 3 is 2.68 bits per heavy atom. The highest BCUT2D eigenvalue weighted by Crippen LogP contribution is 2.13. The number of nitrogens with zero attached hydrogens (tertiary/aromatic N) is 1. The summed E-state index contributed by atoms with van der Waals surface area (Å²) in [6, 6.07) is 4.66. The van der Waals surface area contributed by atoms with Gasteiger partial charge in [0.2, 0.25) is 5.91 Å². The van der Waals surface area contributed by atoms with Gasteiger partial charge in [-0.2, -0.15) is 0 Å². The normalized spacial score (nSPS) is 10.5. The molecule has 1 amide bonds. The number of hydrogen-bond acceptors (Lipinski definition) is 3. The van der Waals surface area contributed by atoms with Crippen LogP contribution in [0.2, 0.25) is 0 Å². The van der Waals surface area contributed by atoms with Crippen LogP contribution in [0.25, 0.3) is 0 Å². The van der Waals surface area contributed by atoms with Gasteiger partial charge in [0.05, 0.1) is 6.54 Å². The van der Waals surface area contributed by atoms with Crippen LogP contribution in [-0.4, -0.2) is 35.9 Å². The van der Waals surface area contributed by atoms with E-state index in [2.05, 4.69) is 5.32 Å². The molecule has 0 aliphatic carbocycles. The van der Waals surface area contributed by atoms with Gasteiger partial charge in [-0.1, -0.05) is 31.3 Å². The molecule has 0 aromatic heterocycles. The first-order valence-electron chi connectivity index (χ1n) is 5.99. The van der Waals surface area contributed by atoms with Crippen LogP contribution in [0.15, 0.2) is 18.2 Å². The molecule has 0 saturated heterocycles. The van der Waals surface area contributed by atoms with Crippen molar-refractivity contribution < 1.29 is 9.18 Å². The zero-order valence-electron chi connectivity index (χ0n) is 11.1. The van der Waals surface area contributed by atoms with E-state index in [9.17, 15) is 9.18 Å². The van der Waals surface area contributed by atoms with Gasteiger partial charge in [-0.25, -0.2) is 4.39 Å². The summed E-state index contributed by atoms with van der Waals surface area (Å²) in [5.41, 5.74) is 6.47. The first kappa shape index (κ1) is 15.5. The summed E-state index contributed by atoms with van der Waals surface area (Å²) in [6.07, 6.45) is 0. The monoisotopic (exact) mass is 283 g/mol. The van der Waals surface area contributed by atoms with Crippen molar-refractivity contribution in [1.29, 1.82) is 0 Å². The second-order valence-corrected chi connectivity index (χ2v) is 4.59. The molecular formula is C13H18FN3OS. The smallest absolute Gasteiger partial charge is 0.233 e. The SMILES string of the molecule is CCN(CC(=O)NC)Cc1ccc(C(N)=S)cc1F. The first-order valence-corrected chi connectivity index (χ1v) is 6.40. The molecule has 4 nitrogen and oxygen atoms in total. The van der Waals surface area contributed by atoms with Gasteiger partial charge in [0.25, 0.3) is 0 Å². The molecule has 0 aliphatic rings. The Balaban J connectivity index is 2.80. The van der Waals surface area contributed by atoms with Gasteiger partial charge in [-0.05, 0) is 12.6 Å². The van der Waals surface area contributed by atoms with Gasteiger partial charge < -0.3 is 11.1 Å². The van der Waals surface area contributed by atoms with Crippen LogP contribution in [0.4, 0.5) is 4.39 Å². The summed E-state index contributed by atoms with van der Waals surface area (Å²) in [5.74, 6) is -0.456. The largest absolute Gasteiger partial charge is 0.389 e. The summed E-state index contributed by atoms with van der Waals surface area (Å²) in [7, 11) is 1.58. The van der Waals surface area contributed by atoms with Crippen molar-refractivity contribution in [2.24, 2.45) is 5.73 Å². The predicted octanol–water partition coefficient (Wildman–Crippen LogP) is 1.03. The predicted molar refractivity (Wildman–Crippen MR) is 77.3 cm³/mol. The molecule has 3 N–H and O–H groups in total. The number of carbonyl (C=O) groups excluding carboxylic acids is 1. The van der Waals surface area contributed by atoms with E-state index in [-0.39, 0.29) is 23.3 Å². The number of thiocarbonyl (C=S) groups is 1. The highest BCUT2D eigenvalue weighted by molar-refractivity contribution is 7.80. The van der Waals surface area contributed by atoms with Crippen LogP contribution in [0, 0.1) is 5.82 Å². The maximum absolute atomic E-state index is 13.9. The molecule has 0 aliphatic heterocycles. The molecule has 6 heteroatoms. The van der Waals surface area contributed by atoms with E-state index in [1.165, 1.54) is 6.07 Å². The minimum atomic E-state index is -0.361. The fourth-order valence-electron chi connectivity index (χ4n) is 1.63. The minimum absolute atomic E-state index is 0.0954. The number of benzene rings is 1. The highest BCUT2D eigenvalue weighted by atomic mass is 32.1. The van der Waals surface area contributed by atoms with E-state index in [0.717, 1.165) is 0 Å². The quantitative estimate of drug-likeness (QED) is 0.766. The van der Waals surface area contributed by atoms with Gasteiger partial charge in [-0.3, -0.25) is 9.69 Å². The van der Waals surface area contributed by atoms with Crippen molar-refractivity contribution in [3.05, 3.63) is 35.1 Å². The van der Waals surface area contributed by atoms with Crippen molar-refractivity contribution >= 4 is 23.1 Å². The molecule has 0 saturated carbocycles. The van der Waals surface area contributed by atoms with E-state index >= 15 is 0 Å². The second-order valence-electron chi connectivity index (χ2n) is 4.15. The van der Waals surface area contributed by atoms with E-state index < -0.39 is 0 Å². The Labute approximate surface area is 117 Å². The molecule has 0 bridgehead atoms. The van der Waals surface area contributed by atoms with Gasteiger partial charge in [0.1, 0.15) is 10.8 Å². The fraction of sp³-hybridized carbons (Fsp3) is 0.385. The van der Waals surface area contributed by atoms with Crippen LogP contribution in [-0.2, 0) is 11.3 Å². The summed E-state index contributed by atoms with van der Waals surface area (Å²) in [6.45, 7) is 3.19. The van der Waals surface area contributed by atoms with E-state index in [4.69, 9.17) is 18.0 Å². The molecule has 1 aromatic rings. The summed E-state index contributed by atoms with van der Waals surface area (Å²) in [4.78, 5) is 13.3. The number of likely N-dealkylation sites (N-methyl/N-ethyl adjacent to an activating group) is 2. The lowest BCUT2D eigenvalue weighted by molar-refractivity contribution is -0.121. The molecule has 1 rings (SSSR count). The van der Waals surface area contributed by atoms with E-state index in [1.54, 1.807) is 19.2 Å². The van der Waals surface area contributed by atoms with Crippen molar-refractivity contribution in [2.75, 3.05) is 20.1 Å². The van der Waals surface area contributed by atoms with Crippen LogP contribution in [0.3, 0.4) is 0 Å². The molecule has 0 spiro atoms. The van der Waals surface area contributed by atoms with Crippen LogP contribution in [0.1, 0.15) is 18.1 Å². The number of hydrogen-bond donors (Lipinski definition) is 2. The third-order valence-corrected chi connectivity index (χ3v) is 3.06. The molecule has 1 aromatic carbocycles. The molecule has 0 atom stereocenters. The van der Waals surface area contributed by atoms with Crippen molar-refractivity contribution in [3.8, 4) is 0 Å². The number of amides is 1. The molecule has 0 heterocycles. The Bertz CT molecular complexity index is 479. The van der Waals surface area contributed by atoms with E-state index in [0.29, 0.717) is 24.2 Å². The van der Waals surface area contributed by atoms with Crippen molar-refractivity contribution in [3.63, 3.8) is 0 Å². The number of nitrogens with two attached hydrogens (primary N) is 1. The summed E-state index contributed by atoms with van der Waals surface area (Å²) < 4.78 is 13.9. The maximum Gasteiger partial charge on any atom is 0.233 e. The maximum atomic E-state index is 13.9. The Kier molecular flexibility index (Phi) is 5.85. The van der Waals surface area contributed by atoms with Gasteiger partial charge in [-0.15, -0.1) is 0 Å². The van der Waals surface area contributed by atoms with Gasteiger partial charge >= 0.3 is 0 Å². The lowest BCUT2D eigenvalue weighted by Crippen LogP contribution is -2.35. The van der Waals surface area contributed by atoms with E-state index in [1.807, 2.05) is 11.8 Å². The van der Waals surface area contributed by atoms with Crippen LogP contribution >= 0.6 is 12.2 Å². The Morgan fingerprint density at radius 1 is 1.53 bits per heavy atom. The van der Waals surface area contributed by atoms with Crippen molar-refractivity contribution in [2.45, 2.75) is 13.5 Å². The average Bonchev–Trinajstić information content (AvgIpc) is 2.39. The summed E-state index contributed by atoms with van der Waals surface area (Å²) >= 11 is 4.80. The third kappa shape index (κ3) is 4.57. The lowest BCUT2D eigenvalue weighted by atomic mass is 10.1. The zero-order valence-corrected chi connectivity index (χ0v) is 11.9. The fourth-order valence-corrected chi connectivity index (χ4v) is 1.76. The third-order valence-electron chi connectivity index (χ3n) is 2.82. The molecule has 0 fully saturated rings. The van der Waals surface area contributed by atoms with Crippen LogP contribution in [0.5, 0.6) is 0 Å². The standard InChI is InChI=1S/C13H18FN3OS/c1-3-17(8-12(18)16-2)7-10-5-4-9(13(15)19)6-11(10)14/h4-6H,3,7-8H2,1-2H3,(H2,15,19)(H,16,18). The number of rotatable bonds is 6. The number of halogens is 1. The second kappa shape index (κ2) is 7.16. The first-order chi connectivity index (χ1) is 8.97. The van der Waals surface area contributed by atoms with Crippen molar-refractivity contribution in [1.82, 2.24) is 10.2 Å². The molecule has 0 unspecified atom stereocenters. The van der Waals surface area contributed by atoms with Gasteiger partial charge in [0.15, 0.2) is 0 Å². The lowest BCUT2D eigenvalue weighted by Gasteiger charge is -2.19. The Hall–Kier alpha value is -1.53. The zero-order chi connectivity index (χ0) is 14.4. The topological polar surface area (TPSA) is 58.4 Å². The molecule has 19 heavy (non-hydrogen) atoms. The number of nitrogens with one attached hydrogen (secondary N) is 1.